The molecule has 1 aliphatic rings. The molecule has 0 N–H and O–H groups in total. The van der Waals surface area contributed by atoms with Crippen LogP contribution in [0.4, 0.5) is 13.2 Å². The highest BCUT2D eigenvalue weighted by Gasteiger charge is 2.41. The Hall–Kier alpha value is -3.23. The lowest BCUT2D eigenvalue weighted by Gasteiger charge is -2.43. The van der Waals surface area contributed by atoms with Crippen LogP contribution in [0.2, 0.25) is 0 Å². The van der Waals surface area contributed by atoms with Crippen LogP contribution < -0.4 is 0 Å². The van der Waals surface area contributed by atoms with Crippen LogP contribution in [-0.4, -0.2) is 33.0 Å². The van der Waals surface area contributed by atoms with E-state index in [1.54, 1.807) is 19.2 Å². The van der Waals surface area contributed by atoms with Gasteiger partial charge in [0.05, 0.1) is 22.4 Å². The molecular weight excluding hydrogens is 373 g/mol. The van der Waals surface area contributed by atoms with Crippen molar-refractivity contribution >= 4 is 5.91 Å². The highest BCUT2D eigenvalue weighted by molar-refractivity contribution is 5.97. The number of carbonyl (C=O) groups excluding carboxylic acids is 1. The Kier molecular flexibility index (Phi) is 4.17. The first kappa shape index (κ1) is 18.1. The fraction of sp³-hybridized carbons (Fsp3) is 0.263. The monoisotopic (exact) mass is 388 g/mol. The van der Waals surface area contributed by atoms with E-state index < -0.39 is 17.9 Å². The minimum absolute atomic E-state index is 0.139. The van der Waals surface area contributed by atoms with E-state index in [1.807, 2.05) is 6.92 Å². The van der Waals surface area contributed by atoms with Crippen molar-refractivity contribution in [1.29, 1.82) is 0 Å². The molecule has 0 saturated carbocycles. The second-order valence-electron chi connectivity index (χ2n) is 6.79. The third kappa shape index (κ3) is 2.83. The van der Waals surface area contributed by atoms with E-state index >= 15 is 0 Å². The van der Waals surface area contributed by atoms with Crippen molar-refractivity contribution in [2.24, 2.45) is 0 Å². The van der Waals surface area contributed by atoms with E-state index in [9.17, 15) is 18.0 Å². The summed E-state index contributed by atoms with van der Waals surface area (Å²) in [6.45, 7) is 1.84. The van der Waals surface area contributed by atoms with E-state index in [2.05, 4.69) is 15.2 Å². The van der Waals surface area contributed by atoms with Crippen molar-refractivity contribution in [3.05, 3.63) is 65.1 Å². The molecule has 1 aliphatic heterocycles. The Morgan fingerprint density at radius 2 is 2.04 bits per heavy atom. The van der Waals surface area contributed by atoms with Crippen molar-refractivity contribution in [1.82, 2.24) is 20.1 Å². The summed E-state index contributed by atoms with van der Waals surface area (Å²) >= 11 is 0. The molecule has 144 valence electrons. The average molecular weight is 388 g/mol. The van der Waals surface area contributed by atoms with Gasteiger partial charge in [0.2, 0.25) is 5.89 Å². The van der Waals surface area contributed by atoms with Gasteiger partial charge in [-0.3, -0.25) is 9.78 Å². The summed E-state index contributed by atoms with van der Waals surface area (Å²) in [6.07, 6.45) is -1.13. The van der Waals surface area contributed by atoms with Crippen LogP contribution in [0.25, 0.3) is 11.5 Å². The topological polar surface area (TPSA) is 72.1 Å². The summed E-state index contributed by atoms with van der Waals surface area (Å²) in [4.78, 5) is 18.8. The van der Waals surface area contributed by atoms with Crippen LogP contribution in [0.15, 0.2) is 40.9 Å². The Morgan fingerprint density at radius 3 is 2.71 bits per heavy atom. The quantitative estimate of drug-likeness (QED) is 0.683. The van der Waals surface area contributed by atoms with E-state index in [0.717, 1.165) is 0 Å². The van der Waals surface area contributed by atoms with Crippen LogP contribution >= 0.6 is 0 Å². The van der Waals surface area contributed by atoms with Crippen molar-refractivity contribution in [3.8, 4) is 11.5 Å². The van der Waals surface area contributed by atoms with Crippen molar-refractivity contribution in [2.75, 3.05) is 7.05 Å². The lowest BCUT2D eigenvalue weighted by Crippen LogP contribution is -2.50. The summed E-state index contributed by atoms with van der Waals surface area (Å²) < 4.78 is 44.0. The number of hydrogen-bond donors (Lipinski definition) is 0. The lowest BCUT2D eigenvalue weighted by atomic mass is 9.81. The molecular formula is C19H15F3N4O2. The normalized spacial score (nSPS) is 19.2. The summed E-state index contributed by atoms with van der Waals surface area (Å²) in [5, 5.41) is 6.87. The van der Waals surface area contributed by atoms with E-state index in [-0.39, 0.29) is 23.2 Å². The molecule has 0 radical (unpaired) electrons. The number of carbonyl (C=O) groups is 1. The van der Waals surface area contributed by atoms with Gasteiger partial charge in [-0.05, 0) is 30.7 Å². The standard InChI is InChI=1S/C19H15F3N4O2/c1-19(11-4-3-5-12(20)7-11)8-14-13(18(27)26(19)2)6-10(9-23-14)16-24-25-17(28-16)15(21)22/h3-7,9,15H,8H2,1-2H3. The molecule has 0 bridgehead atoms. The predicted octanol–water partition coefficient (Wildman–Crippen LogP) is 3.75. The number of halogens is 3. The fourth-order valence-corrected chi connectivity index (χ4v) is 3.34. The van der Waals surface area contributed by atoms with Gasteiger partial charge < -0.3 is 9.32 Å². The number of aromatic nitrogens is 3. The Balaban J connectivity index is 1.74. The van der Waals surface area contributed by atoms with E-state index in [0.29, 0.717) is 23.2 Å². The number of nitrogens with zero attached hydrogens (tertiary/aromatic N) is 4. The van der Waals surface area contributed by atoms with Crippen LogP contribution in [0.3, 0.4) is 0 Å². The number of benzene rings is 1. The molecule has 6 nitrogen and oxygen atoms in total. The zero-order valence-electron chi connectivity index (χ0n) is 15.0. The van der Waals surface area contributed by atoms with Gasteiger partial charge in [0.15, 0.2) is 0 Å². The first-order valence-electron chi connectivity index (χ1n) is 8.44. The van der Waals surface area contributed by atoms with Crippen LogP contribution in [0.5, 0.6) is 0 Å². The molecule has 1 amide bonds. The Morgan fingerprint density at radius 1 is 1.25 bits per heavy atom. The largest absolute Gasteiger partial charge is 0.415 e. The minimum Gasteiger partial charge on any atom is -0.415 e. The first-order valence-corrected chi connectivity index (χ1v) is 8.44. The molecule has 1 aromatic carbocycles. The maximum atomic E-state index is 13.7. The second-order valence-corrected chi connectivity index (χ2v) is 6.79. The molecule has 4 rings (SSSR count). The zero-order chi connectivity index (χ0) is 20.1. The van der Waals surface area contributed by atoms with Gasteiger partial charge in [0.1, 0.15) is 5.82 Å². The zero-order valence-corrected chi connectivity index (χ0v) is 15.0. The summed E-state index contributed by atoms with van der Waals surface area (Å²) in [5.41, 5.74) is 0.971. The highest BCUT2D eigenvalue weighted by Crippen LogP contribution is 2.38. The van der Waals surface area contributed by atoms with E-state index in [1.165, 1.54) is 29.3 Å². The first-order chi connectivity index (χ1) is 13.3. The molecule has 2 aromatic heterocycles. The number of hydrogen-bond acceptors (Lipinski definition) is 5. The number of rotatable bonds is 3. The van der Waals surface area contributed by atoms with E-state index in [4.69, 9.17) is 4.42 Å². The van der Waals surface area contributed by atoms with Gasteiger partial charge in [-0.25, -0.2) is 4.39 Å². The third-order valence-electron chi connectivity index (χ3n) is 5.08. The van der Waals surface area contributed by atoms with Gasteiger partial charge in [0, 0.05) is 19.7 Å². The van der Waals surface area contributed by atoms with Crippen LogP contribution in [-0.2, 0) is 12.0 Å². The number of pyridine rings is 1. The molecule has 0 saturated heterocycles. The highest BCUT2D eigenvalue weighted by atomic mass is 19.3. The Labute approximate surface area is 158 Å². The van der Waals surface area contributed by atoms with Gasteiger partial charge >= 0.3 is 6.43 Å². The van der Waals surface area contributed by atoms with Crippen molar-refractivity contribution < 1.29 is 22.4 Å². The van der Waals surface area contributed by atoms with Gasteiger partial charge in [-0.1, -0.05) is 12.1 Å². The summed E-state index contributed by atoms with van der Waals surface area (Å²) in [7, 11) is 1.63. The maximum Gasteiger partial charge on any atom is 0.314 e. The number of likely N-dealkylation sites (N-methyl/N-ethyl adjacent to an activating group) is 1. The fourth-order valence-electron chi connectivity index (χ4n) is 3.34. The summed E-state index contributed by atoms with van der Waals surface area (Å²) in [6, 6.07) is 7.59. The van der Waals surface area contributed by atoms with Crippen LogP contribution in [0.1, 0.15) is 40.9 Å². The minimum atomic E-state index is -2.88. The third-order valence-corrected chi connectivity index (χ3v) is 5.08. The molecule has 0 fully saturated rings. The van der Waals surface area contributed by atoms with Gasteiger partial charge in [0.25, 0.3) is 11.8 Å². The molecule has 3 aromatic rings. The maximum absolute atomic E-state index is 13.7. The average Bonchev–Trinajstić information content (AvgIpc) is 3.17. The molecule has 0 spiro atoms. The summed E-state index contributed by atoms with van der Waals surface area (Å²) in [5.74, 6) is -1.65. The molecule has 3 heterocycles. The Bertz CT molecular complexity index is 1070. The SMILES string of the molecule is CN1C(=O)c2cc(-c3nnc(C(F)F)o3)cnc2CC1(C)c1cccc(F)c1. The molecule has 1 atom stereocenters. The van der Waals surface area contributed by atoms with Gasteiger partial charge in [-0.2, -0.15) is 8.78 Å². The smallest absolute Gasteiger partial charge is 0.314 e. The van der Waals surface area contributed by atoms with Crippen LogP contribution in [0, 0.1) is 5.82 Å². The molecule has 0 aliphatic carbocycles. The van der Waals surface area contributed by atoms with Gasteiger partial charge in [-0.15, -0.1) is 10.2 Å². The molecule has 1 unspecified atom stereocenters. The molecule has 9 heteroatoms. The van der Waals surface area contributed by atoms with Crippen molar-refractivity contribution in [3.63, 3.8) is 0 Å². The lowest BCUT2D eigenvalue weighted by molar-refractivity contribution is 0.0541. The van der Waals surface area contributed by atoms with Crippen molar-refractivity contribution in [2.45, 2.75) is 25.3 Å². The molecule has 28 heavy (non-hydrogen) atoms. The number of fused-ring (bicyclic) bond motifs is 1. The second kappa shape index (κ2) is 6.43. The number of alkyl halides is 2. The predicted molar refractivity (Wildman–Crippen MR) is 92.0 cm³/mol. The number of amides is 1.